The number of methoxy groups -OCH3 is 1. The average molecular weight is 383 g/mol. The number of urea groups is 1. The van der Waals surface area contributed by atoms with Gasteiger partial charge in [0.1, 0.15) is 12.8 Å². The molecule has 2 atom stereocenters. The lowest BCUT2D eigenvalue weighted by atomic mass is 10.1. The zero-order chi connectivity index (χ0) is 19.9. The van der Waals surface area contributed by atoms with Gasteiger partial charge in [0.05, 0.1) is 19.4 Å². The fourth-order valence-electron chi connectivity index (χ4n) is 2.71. The number of rotatable bonds is 7. The summed E-state index contributed by atoms with van der Waals surface area (Å²) in [5, 5.41) is 6.95. The van der Waals surface area contributed by atoms with Gasteiger partial charge in [0, 0.05) is 0 Å². The highest BCUT2D eigenvalue weighted by molar-refractivity contribution is 5.80. The fourth-order valence-corrected chi connectivity index (χ4v) is 2.71. The van der Waals surface area contributed by atoms with E-state index in [4.69, 9.17) is 9.47 Å². The van der Waals surface area contributed by atoms with Gasteiger partial charge in [0.15, 0.2) is 11.5 Å². The number of benzene rings is 2. The first-order chi connectivity index (χ1) is 13.6. The number of carbonyl (C=O) groups is 1. The van der Waals surface area contributed by atoms with E-state index >= 15 is 0 Å². The summed E-state index contributed by atoms with van der Waals surface area (Å²) in [4.78, 5) is 11.4. The maximum atomic E-state index is 11.4. The van der Waals surface area contributed by atoms with Crippen LogP contribution in [0.5, 0.6) is 11.5 Å². The molecule has 8 heteroatoms. The number of amides is 2. The quantitative estimate of drug-likeness (QED) is 0.433. The van der Waals surface area contributed by atoms with Gasteiger partial charge in [-0.1, -0.05) is 24.3 Å². The van der Waals surface area contributed by atoms with Crippen LogP contribution in [0.3, 0.4) is 0 Å². The van der Waals surface area contributed by atoms with Crippen LogP contribution < -0.4 is 31.1 Å². The number of ether oxygens (including phenoxy) is 2. The first-order valence-corrected chi connectivity index (χ1v) is 9.03. The highest BCUT2D eigenvalue weighted by Crippen LogP contribution is 2.28. The summed E-state index contributed by atoms with van der Waals surface area (Å²) in [5.74, 6) is 1.29. The van der Waals surface area contributed by atoms with Gasteiger partial charge in [-0.25, -0.2) is 10.2 Å². The van der Waals surface area contributed by atoms with E-state index in [1.54, 1.807) is 13.3 Å². The van der Waals surface area contributed by atoms with Gasteiger partial charge in [0.25, 0.3) is 0 Å². The number of hydrazone groups is 1. The van der Waals surface area contributed by atoms with Crippen molar-refractivity contribution in [2.45, 2.75) is 32.7 Å². The zero-order valence-corrected chi connectivity index (χ0v) is 16.2. The Morgan fingerprint density at radius 2 is 2.04 bits per heavy atom. The van der Waals surface area contributed by atoms with Crippen LogP contribution in [0.1, 0.15) is 23.6 Å². The second-order valence-electron chi connectivity index (χ2n) is 6.52. The molecule has 2 amide bonds. The Kier molecular flexibility index (Phi) is 6.33. The monoisotopic (exact) mass is 383 g/mol. The third-order valence-electron chi connectivity index (χ3n) is 4.46. The molecule has 0 saturated carbocycles. The first kappa shape index (κ1) is 19.5. The van der Waals surface area contributed by atoms with E-state index in [9.17, 15) is 4.79 Å². The fraction of sp³-hybridized carbons (Fsp3) is 0.300. The van der Waals surface area contributed by atoms with Crippen molar-refractivity contribution in [3.63, 3.8) is 0 Å². The maximum Gasteiger partial charge on any atom is 0.330 e. The van der Waals surface area contributed by atoms with Gasteiger partial charge in [-0.05, 0) is 48.7 Å². The number of hydrogen-bond acceptors (Lipinski definition) is 6. The lowest BCUT2D eigenvalue weighted by Crippen LogP contribution is -2.67. The molecule has 0 bridgehead atoms. The summed E-state index contributed by atoms with van der Waals surface area (Å²) in [7, 11) is 1.60. The van der Waals surface area contributed by atoms with E-state index in [0.717, 1.165) is 11.1 Å². The molecule has 1 saturated heterocycles. The van der Waals surface area contributed by atoms with Crippen molar-refractivity contribution in [2.75, 3.05) is 7.11 Å². The van der Waals surface area contributed by atoms with Crippen LogP contribution in [0.2, 0.25) is 0 Å². The molecular weight excluding hydrogens is 358 g/mol. The third-order valence-corrected chi connectivity index (χ3v) is 4.46. The van der Waals surface area contributed by atoms with Crippen molar-refractivity contribution in [3.05, 3.63) is 59.2 Å². The van der Waals surface area contributed by atoms with Crippen molar-refractivity contribution in [1.29, 1.82) is 0 Å². The highest BCUT2D eigenvalue weighted by Gasteiger charge is 2.23. The molecule has 3 rings (SSSR count). The number of hydrogen-bond donors (Lipinski definition) is 4. The Balaban J connectivity index is 1.62. The van der Waals surface area contributed by atoms with Crippen LogP contribution in [-0.2, 0) is 6.61 Å². The lowest BCUT2D eigenvalue weighted by molar-refractivity contribution is 0.202. The van der Waals surface area contributed by atoms with Crippen molar-refractivity contribution in [2.24, 2.45) is 5.10 Å². The summed E-state index contributed by atoms with van der Waals surface area (Å²) < 4.78 is 11.4. The molecule has 148 valence electrons. The van der Waals surface area contributed by atoms with Crippen LogP contribution >= 0.6 is 0 Å². The van der Waals surface area contributed by atoms with Crippen LogP contribution in [0.15, 0.2) is 47.6 Å². The smallest absolute Gasteiger partial charge is 0.330 e. The minimum absolute atomic E-state index is 0.0263. The van der Waals surface area contributed by atoms with Gasteiger partial charge in [-0.15, -0.1) is 0 Å². The minimum Gasteiger partial charge on any atom is -0.493 e. The Labute approximate surface area is 164 Å². The summed E-state index contributed by atoms with van der Waals surface area (Å²) in [6.45, 7) is 4.45. The molecule has 2 unspecified atom stereocenters. The molecule has 1 aliphatic rings. The van der Waals surface area contributed by atoms with Crippen LogP contribution in [0.4, 0.5) is 4.79 Å². The van der Waals surface area contributed by atoms with E-state index in [-0.39, 0.29) is 18.2 Å². The molecule has 2 aromatic rings. The molecular formula is C20H25N5O3. The second-order valence-corrected chi connectivity index (χ2v) is 6.52. The molecule has 1 fully saturated rings. The van der Waals surface area contributed by atoms with Gasteiger partial charge < -0.3 is 14.8 Å². The molecule has 0 radical (unpaired) electrons. The van der Waals surface area contributed by atoms with E-state index in [2.05, 4.69) is 39.7 Å². The van der Waals surface area contributed by atoms with Crippen molar-refractivity contribution in [1.82, 2.24) is 21.6 Å². The predicted octanol–water partition coefficient (Wildman–Crippen LogP) is 2.04. The molecule has 28 heavy (non-hydrogen) atoms. The number of aryl methyl sites for hydroxylation is 1. The number of nitrogens with one attached hydrogen (secondary N) is 4. The molecule has 8 nitrogen and oxygen atoms in total. The third kappa shape index (κ3) is 4.92. The second kappa shape index (κ2) is 9.09. The lowest BCUT2D eigenvalue weighted by Gasteiger charge is -2.30. The predicted molar refractivity (Wildman–Crippen MR) is 107 cm³/mol. The van der Waals surface area contributed by atoms with E-state index in [1.807, 2.05) is 43.3 Å². The Morgan fingerprint density at radius 3 is 2.82 bits per heavy atom. The maximum absolute atomic E-state index is 11.4. The summed E-state index contributed by atoms with van der Waals surface area (Å²) in [6.07, 6.45) is 1.35. The largest absolute Gasteiger partial charge is 0.493 e. The van der Waals surface area contributed by atoms with Crippen LogP contribution in [0.25, 0.3) is 0 Å². The molecule has 2 aromatic carbocycles. The average Bonchev–Trinajstić information content (AvgIpc) is 2.70. The minimum atomic E-state index is -0.316. The van der Waals surface area contributed by atoms with Crippen molar-refractivity contribution < 1.29 is 14.3 Å². The van der Waals surface area contributed by atoms with E-state index in [0.29, 0.717) is 18.1 Å². The van der Waals surface area contributed by atoms with Crippen LogP contribution in [0, 0.1) is 6.92 Å². The summed E-state index contributed by atoms with van der Waals surface area (Å²) in [5.41, 5.74) is 11.4. The number of hydrazine groups is 1. The normalized spacial score (nSPS) is 19.0. The Morgan fingerprint density at radius 1 is 1.21 bits per heavy atom. The van der Waals surface area contributed by atoms with E-state index in [1.165, 1.54) is 5.56 Å². The molecule has 0 aromatic heterocycles. The van der Waals surface area contributed by atoms with Crippen molar-refractivity contribution >= 4 is 12.2 Å². The van der Waals surface area contributed by atoms with Gasteiger partial charge in [-0.3, -0.25) is 10.9 Å². The molecule has 4 N–H and O–H groups in total. The molecule has 1 heterocycles. The highest BCUT2D eigenvalue weighted by atomic mass is 16.5. The topological polar surface area (TPSA) is 96.0 Å². The molecule has 1 aliphatic heterocycles. The first-order valence-electron chi connectivity index (χ1n) is 9.03. The van der Waals surface area contributed by atoms with Crippen LogP contribution in [-0.4, -0.2) is 31.6 Å². The Hall–Kier alpha value is -3.26. The molecule has 0 aliphatic carbocycles. The number of carbonyl (C=O) groups excluding carboxylic acids is 1. The summed E-state index contributed by atoms with van der Waals surface area (Å²) in [6, 6.07) is 13.4. The van der Waals surface area contributed by atoms with Crippen molar-refractivity contribution in [3.8, 4) is 11.5 Å². The number of nitrogens with zero attached hydrogens (tertiary/aromatic N) is 1. The summed E-state index contributed by atoms with van der Waals surface area (Å²) >= 11 is 0. The Bertz CT molecular complexity index is 855. The van der Waals surface area contributed by atoms with Gasteiger partial charge >= 0.3 is 6.03 Å². The van der Waals surface area contributed by atoms with Gasteiger partial charge in [-0.2, -0.15) is 5.10 Å². The molecule has 0 spiro atoms. The van der Waals surface area contributed by atoms with E-state index < -0.39 is 0 Å². The standard InChI is InChI=1S/C20H25N5O3/c1-13-6-4-5-7-16(13)12-28-17-9-8-15(10-18(17)27-3)11-21-24-19-14(2)23-25-20(26)22-19/h4-11,14,19,23-24H,12H2,1-3H3,(H2,22,25,26)/b21-11+. The zero-order valence-electron chi connectivity index (χ0n) is 16.2. The SMILES string of the molecule is COc1cc(/C=N/NC2NC(=O)NNC2C)ccc1OCc1ccccc1C. The van der Waals surface area contributed by atoms with Gasteiger partial charge in [0.2, 0.25) is 0 Å².